The van der Waals surface area contributed by atoms with E-state index in [2.05, 4.69) is 21.4 Å². The van der Waals surface area contributed by atoms with Gasteiger partial charge in [-0.25, -0.2) is 14.5 Å². The van der Waals surface area contributed by atoms with Gasteiger partial charge in [0, 0.05) is 6.20 Å². The molecular weight excluding hydrogens is 422 g/mol. The Hall–Kier alpha value is -3.96. The van der Waals surface area contributed by atoms with Crippen molar-refractivity contribution in [1.29, 1.82) is 5.26 Å². The molecular formula is C24H19N5O2S. The summed E-state index contributed by atoms with van der Waals surface area (Å²) in [5.41, 5.74) is 2.08. The summed E-state index contributed by atoms with van der Waals surface area (Å²) in [6, 6.07) is 19.6. The molecule has 158 valence electrons. The van der Waals surface area contributed by atoms with Crippen LogP contribution in [0.1, 0.15) is 18.1 Å². The van der Waals surface area contributed by atoms with E-state index in [1.807, 2.05) is 19.1 Å². The predicted octanol–water partition coefficient (Wildman–Crippen LogP) is 4.08. The number of pyridine rings is 1. The third-order valence-electron chi connectivity index (χ3n) is 4.83. The first-order valence-electron chi connectivity index (χ1n) is 9.89. The Morgan fingerprint density at radius 2 is 1.88 bits per heavy atom. The number of hydrogen-bond acceptors (Lipinski definition) is 6. The Kier molecular flexibility index (Phi) is 6.01. The largest absolute Gasteiger partial charge is 0.324 e. The molecule has 7 nitrogen and oxygen atoms in total. The van der Waals surface area contributed by atoms with Crippen LogP contribution in [0.2, 0.25) is 0 Å². The summed E-state index contributed by atoms with van der Waals surface area (Å²) in [5.74, 6) is 0.132. The fourth-order valence-corrected chi connectivity index (χ4v) is 4.04. The van der Waals surface area contributed by atoms with Crippen molar-refractivity contribution in [1.82, 2.24) is 14.5 Å². The average molecular weight is 442 g/mol. The molecule has 32 heavy (non-hydrogen) atoms. The monoisotopic (exact) mass is 441 g/mol. The number of carbonyl (C=O) groups excluding carboxylic acids is 1. The molecule has 0 aliphatic carbocycles. The van der Waals surface area contributed by atoms with Gasteiger partial charge < -0.3 is 5.32 Å². The summed E-state index contributed by atoms with van der Waals surface area (Å²) < 4.78 is 1.43. The number of aryl methyl sites for hydroxylation is 1. The van der Waals surface area contributed by atoms with Gasteiger partial charge in [-0.2, -0.15) is 5.26 Å². The summed E-state index contributed by atoms with van der Waals surface area (Å²) in [5, 5.41) is 12.3. The molecule has 2 aromatic carbocycles. The van der Waals surface area contributed by atoms with E-state index in [4.69, 9.17) is 0 Å². The van der Waals surface area contributed by atoms with Crippen molar-refractivity contribution in [2.24, 2.45) is 0 Å². The van der Waals surface area contributed by atoms with Crippen molar-refractivity contribution in [2.75, 3.05) is 5.32 Å². The van der Waals surface area contributed by atoms with Crippen LogP contribution in [0.4, 0.5) is 5.69 Å². The highest BCUT2D eigenvalue weighted by Gasteiger charge is 2.21. The van der Waals surface area contributed by atoms with Crippen LogP contribution >= 0.6 is 11.8 Å². The van der Waals surface area contributed by atoms with Crippen LogP contribution in [0, 0.1) is 18.3 Å². The van der Waals surface area contributed by atoms with E-state index in [0.29, 0.717) is 33.1 Å². The summed E-state index contributed by atoms with van der Waals surface area (Å²) in [6.07, 6.45) is 1.68. The van der Waals surface area contributed by atoms with E-state index in [1.165, 1.54) is 4.57 Å². The van der Waals surface area contributed by atoms with Gasteiger partial charge in [-0.1, -0.05) is 42.1 Å². The molecule has 0 fully saturated rings. The lowest BCUT2D eigenvalue weighted by molar-refractivity contribution is -0.115. The van der Waals surface area contributed by atoms with E-state index in [-0.39, 0.29) is 11.5 Å². The van der Waals surface area contributed by atoms with Crippen LogP contribution in [0.5, 0.6) is 0 Å². The number of amides is 1. The second-order valence-corrected chi connectivity index (χ2v) is 8.46. The van der Waals surface area contributed by atoms with Crippen molar-refractivity contribution in [3.05, 3.63) is 88.3 Å². The second kappa shape index (κ2) is 9.04. The van der Waals surface area contributed by atoms with Crippen molar-refractivity contribution in [3.63, 3.8) is 0 Å². The maximum atomic E-state index is 13.3. The van der Waals surface area contributed by atoms with Gasteiger partial charge in [0.15, 0.2) is 5.16 Å². The molecule has 1 atom stereocenters. The molecule has 0 bridgehead atoms. The van der Waals surface area contributed by atoms with E-state index in [0.717, 1.165) is 17.3 Å². The number of rotatable bonds is 5. The molecule has 2 aromatic heterocycles. The number of fused-ring (bicyclic) bond motifs is 1. The van der Waals surface area contributed by atoms with Crippen LogP contribution in [-0.4, -0.2) is 25.7 Å². The first-order chi connectivity index (χ1) is 15.5. The lowest BCUT2D eigenvalue weighted by Crippen LogP contribution is -2.26. The van der Waals surface area contributed by atoms with E-state index in [9.17, 15) is 14.9 Å². The van der Waals surface area contributed by atoms with Gasteiger partial charge in [0.1, 0.15) is 11.9 Å². The molecule has 2 heterocycles. The number of benzene rings is 2. The topological polar surface area (TPSA) is 101 Å². The Morgan fingerprint density at radius 1 is 1.12 bits per heavy atom. The molecule has 8 heteroatoms. The minimum absolute atomic E-state index is 0.253. The van der Waals surface area contributed by atoms with Crippen LogP contribution in [0.3, 0.4) is 0 Å². The molecule has 4 rings (SSSR count). The van der Waals surface area contributed by atoms with Crippen LogP contribution in [0.25, 0.3) is 16.7 Å². The maximum absolute atomic E-state index is 13.3. The van der Waals surface area contributed by atoms with Crippen molar-refractivity contribution in [2.45, 2.75) is 24.3 Å². The lowest BCUT2D eigenvalue weighted by Gasteiger charge is -2.16. The summed E-state index contributed by atoms with van der Waals surface area (Å²) in [6.45, 7) is 3.64. The lowest BCUT2D eigenvalue weighted by atomic mass is 10.2. The molecule has 1 amide bonds. The van der Waals surface area contributed by atoms with Gasteiger partial charge in [0.2, 0.25) is 5.91 Å². The summed E-state index contributed by atoms with van der Waals surface area (Å²) >= 11 is 1.16. The summed E-state index contributed by atoms with van der Waals surface area (Å²) in [4.78, 5) is 35.2. The number of thioether (sulfide) groups is 1. The van der Waals surface area contributed by atoms with E-state index < -0.39 is 5.25 Å². The minimum Gasteiger partial charge on any atom is -0.324 e. The highest BCUT2D eigenvalue weighted by Crippen LogP contribution is 2.26. The van der Waals surface area contributed by atoms with Crippen molar-refractivity contribution >= 4 is 34.3 Å². The summed E-state index contributed by atoms with van der Waals surface area (Å²) in [7, 11) is 0. The van der Waals surface area contributed by atoms with Crippen molar-refractivity contribution in [3.8, 4) is 11.9 Å². The van der Waals surface area contributed by atoms with Gasteiger partial charge >= 0.3 is 0 Å². The number of para-hydroxylation sites is 2. The Bertz CT molecular complexity index is 1410. The number of aromatic nitrogens is 3. The minimum atomic E-state index is -0.591. The van der Waals surface area contributed by atoms with Gasteiger partial charge in [0.05, 0.1) is 27.4 Å². The fraction of sp³-hybridized carbons (Fsp3) is 0.125. The van der Waals surface area contributed by atoms with Crippen molar-refractivity contribution < 1.29 is 4.79 Å². The van der Waals surface area contributed by atoms with Gasteiger partial charge in [-0.3, -0.25) is 9.59 Å². The Labute approximate surface area is 188 Å². The predicted molar refractivity (Wildman–Crippen MR) is 125 cm³/mol. The molecule has 0 aliphatic rings. The zero-order chi connectivity index (χ0) is 22.7. The van der Waals surface area contributed by atoms with Crippen LogP contribution in [0.15, 0.2) is 76.8 Å². The highest BCUT2D eigenvalue weighted by atomic mass is 32.2. The third-order valence-corrected chi connectivity index (χ3v) is 5.88. The highest BCUT2D eigenvalue weighted by molar-refractivity contribution is 8.00. The van der Waals surface area contributed by atoms with E-state index >= 15 is 0 Å². The first-order valence-corrected chi connectivity index (χ1v) is 10.8. The number of nitrogens with zero attached hydrogens (tertiary/aromatic N) is 4. The smallest absolute Gasteiger partial charge is 0.267 e. The molecule has 0 radical (unpaired) electrons. The SMILES string of the molecule is Cc1ccc(-n2c(SC(C)C(=O)Nc3ccccc3C#N)nc3ccccc3c2=O)nc1. The molecule has 0 saturated heterocycles. The Balaban J connectivity index is 1.72. The quantitative estimate of drug-likeness (QED) is 0.370. The number of hydrogen-bond donors (Lipinski definition) is 1. The first kappa shape index (κ1) is 21.3. The number of nitrogens with one attached hydrogen (secondary N) is 1. The second-order valence-electron chi connectivity index (χ2n) is 7.15. The van der Waals surface area contributed by atoms with E-state index in [1.54, 1.807) is 61.7 Å². The zero-order valence-electron chi connectivity index (χ0n) is 17.4. The number of nitriles is 1. The zero-order valence-corrected chi connectivity index (χ0v) is 18.3. The molecule has 1 N–H and O–H groups in total. The number of anilines is 1. The maximum Gasteiger partial charge on any atom is 0.267 e. The third kappa shape index (κ3) is 4.24. The Morgan fingerprint density at radius 3 is 2.62 bits per heavy atom. The standard InChI is InChI=1S/C24H19N5O2S/c1-15-11-12-21(26-14-15)29-23(31)18-8-4-6-10-20(18)28-24(29)32-16(2)22(30)27-19-9-5-3-7-17(19)13-25/h3-12,14,16H,1-2H3,(H,27,30). The fourth-order valence-electron chi connectivity index (χ4n) is 3.12. The molecule has 1 unspecified atom stereocenters. The molecule has 4 aromatic rings. The van der Waals surface area contributed by atoms with Crippen LogP contribution in [-0.2, 0) is 4.79 Å². The van der Waals surface area contributed by atoms with Gasteiger partial charge in [-0.15, -0.1) is 0 Å². The van der Waals surface area contributed by atoms with Crippen LogP contribution < -0.4 is 10.9 Å². The number of carbonyl (C=O) groups is 1. The van der Waals surface area contributed by atoms with Gasteiger partial charge in [0.25, 0.3) is 5.56 Å². The molecule has 0 saturated carbocycles. The molecule has 0 spiro atoms. The molecule has 0 aliphatic heterocycles. The van der Waals surface area contributed by atoms with Gasteiger partial charge in [-0.05, 0) is 49.7 Å². The normalized spacial score (nSPS) is 11.7. The average Bonchev–Trinajstić information content (AvgIpc) is 2.80.